The molecule has 3 nitrogen and oxygen atoms in total. The van der Waals surface area contributed by atoms with Crippen LogP contribution in [0.5, 0.6) is 0 Å². The van der Waals surface area contributed by atoms with Crippen molar-refractivity contribution in [3.63, 3.8) is 0 Å². The van der Waals surface area contributed by atoms with Gasteiger partial charge >= 0.3 is 0 Å². The third kappa shape index (κ3) is 2.65. The van der Waals surface area contributed by atoms with Crippen LogP contribution in [0.25, 0.3) is 10.9 Å². The molecule has 1 heterocycles. The Morgan fingerprint density at radius 1 is 1.14 bits per heavy atom. The molecular formula is C17H15FN2O. The van der Waals surface area contributed by atoms with Gasteiger partial charge in [-0.05, 0) is 23.8 Å². The summed E-state index contributed by atoms with van der Waals surface area (Å²) >= 11 is 0. The van der Waals surface area contributed by atoms with Crippen LogP contribution >= 0.6 is 0 Å². The molecule has 0 bridgehead atoms. The molecule has 0 fully saturated rings. The maximum Gasteiger partial charge on any atom is 0.270 e. The summed E-state index contributed by atoms with van der Waals surface area (Å²) < 4.78 is 13.7. The van der Waals surface area contributed by atoms with Gasteiger partial charge in [0.15, 0.2) is 0 Å². The number of carbonyl (C=O) groups is 1. The van der Waals surface area contributed by atoms with Crippen molar-refractivity contribution in [2.75, 3.05) is 7.05 Å². The first-order valence-corrected chi connectivity index (χ1v) is 6.72. The van der Waals surface area contributed by atoms with Crippen LogP contribution < -0.4 is 0 Å². The molecule has 0 aliphatic heterocycles. The number of hydrogen-bond donors (Lipinski definition) is 1. The van der Waals surface area contributed by atoms with Crippen LogP contribution in [-0.4, -0.2) is 22.8 Å². The maximum absolute atomic E-state index is 13.7. The summed E-state index contributed by atoms with van der Waals surface area (Å²) in [5, 5.41) is 0.439. The van der Waals surface area contributed by atoms with E-state index < -0.39 is 0 Å². The lowest BCUT2D eigenvalue weighted by atomic mass is 10.2. The van der Waals surface area contributed by atoms with Gasteiger partial charge in [-0.15, -0.1) is 0 Å². The minimum absolute atomic E-state index is 0.158. The Morgan fingerprint density at radius 3 is 2.62 bits per heavy atom. The summed E-state index contributed by atoms with van der Waals surface area (Å²) in [6.45, 7) is 0.511. The number of carbonyl (C=O) groups excluding carboxylic acids is 1. The van der Waals surface area contributed by atoms with Gasteiger partial charge in [0, 0.05) is 24.5 Å². The number of amides is 1. The van der Waals surface area contributed by atoms with E-state index in [0.717, 1.165) is 5.56 Å². The third-order valence-corrected chi connectivity index (χ3v) is 3.45. The first-order chi connectivity index (χ1) is 10.1. The number of nitrogens with one attached hydrogen (secondary N) is 1. The molecule has 0 saturated carbocycles. The first kappa shape index (κ1) is 13.4. The van der Waals surface area contributed by atoms with E-state index in [-0.39, 0.29) is 11.7 Å². The number of fused-ring (bicyclic) bond motifs is 1. The number of H-pyrrole nitrogens is 1. The van der Waals surface area contributed by atoms with E-state index in [4.69, 9.17) is 0 Å². The van der Waals surface area contributed by atoms with E-state index in [0.29, 0.717) is 23.1 Å². The van der Waals surface area contributed by atoms with Crippen molar-refractivity contribution in [3.05, 3.63) is 71.7 Å². The zero-order valence-electron chi connectivity index (χ0n) is 11.6. The number of aromatic amines is 1. The molecule has 1 N–H and O–H groups in total. The lowest BCUT2D eigenvalue weighted by Gasteiger charge is -2.16. The summed E-state index contributed by atoms with van der Waals surface area (Å²) in [6.07, 6.45) is 0. The Hall–Kier alpha value is -2.62. The van der Waals surface area contributed by atoms with Gasteiger partial charge in [-0.25, -0.2) is 4.39 Å². The van der Waals surface area contributed by atoms with Gasteiger partial charge < -0.3 is 9.88 Å². The van der Waals surface area contributed by atoms with E-state index in [1.165, 1.54) is 6.07 Å². The third-order valence-electron chi connectivity index (χ3n) is 3.45. The predicted molar refractivity (Wildman–Crippen MR) is 80.5 cm³/mol. The Bertz CT molecular complexity index is 780. The van der Waals surface area contributed by atoms with Crippen molar-refractivity contribution in [2.24, 2.45) is 0 Å². The molecule has 0 unspecified atom stereocenters. The molecule has 2 aromatic carbocycles. The fourth-order valence-electron chi connectivity index (χ4n) is 2.37. The molecule has 0 saturated heterocycles. The van der Waals surface area contributed by atoms with Gasteiger partial charge in [-0.2, -0.15) is 0 Å². The van der Waals surface area contributed by atoms with Crippen molar-refractivity contribution in [1.29, 1.82) is 0 Å². The molecule has 3 rings (SSSR count). The first-order valence-electron chi connectivity index (χ1n) is 6.72. The SMILES string of the molecule is CN(Cc1ccccc1)C(=O)c1cc2c(F)cccc2[nH]1. The fraction of sp³-hybridized carbons (Fsp3) is 0.118. The lowest BCUT2D eigenvalue weighted by Crippen LogP contribution is -2.26. The number of halogens is 1. The molecule has 4 heteroatoms. The maximum atomic E-state index is 13.7. The zero-order valence-corrected chi connectivity index (χ0v) is 11.6. The van der Waals surface area contributed by atoms with E-state index in [2.05, 4.69) is 4.98 Å². The highest BCUT2D eigenvalue weighted by molar-refractivity contribution is 5.98. The second-order valence-electron chi connectivity index (χ2n) is 5.03. The molecular weight excluding hydrogens is 267 g/mol. The smallest absolute Gasteiger partial charge is 0.270 e. The number of hydrogen-bond acceptors (Lipinski definition) is 1. The Kier molecular flexibility index (Phi) is 3.44. The Labute approximate surface area is 122 Å². The average molecular weight is 282 g/mol. The van der Waals surface area contributed by atoms with Gasteiger partial charge in [-0.3, -0.25) is 4.79 Å². The number of aromatic nitrogens is 1. The van der Waals surface area contributed by atoms with E-state index >= 15 is 0 Å². The van der Waals surface area contributed by atoms with Crippen LogP contribution in [0.15, 0.2) is 54.6 Å². The van der Waals surface area contributed by atoms with Crippen molar-refractivity contribution in [2.45, 2.75) is 6.54 Å². The largest absolute Gasteiger partial charge is 0.350 e. The van der Waals surface area contributed by atoms with Gasteiger partial charge in [0.2, 0.25) is 0 Å². The van der Waals surface area contributed by atoms with Crippen LogP contribution in [0.4, 0.5) is 4.39 Å². The normalized spacial score (nSPS) is 10.8. The van der Waals surface area contributed by atoms with Crippen molar-refractivity contribution in [1.82, 2.24) is 9.88 Å². The van der Waals surface area contributed by atoms with Crippen molar-refractivity contribution < 1.29 is 9.18 Å². The number of rotatable bonds is 3. The number of benzene rings is 2. The topological polar surface area (TPSA) is 36.1 Å². The van der Waals surface area contributed by atoms with Crippen LogP contribution in [0.2, 0.25) is 0 Å². The van der Waals surface area contributed by atoms with Crippen LogP contribution in [0, 0.1) is 5.82 Å². The summed E-state index contributed by atoms with van der Waals surface area (Å²) in [5.74, 6) is -0.483. The molecule has 0 aliphatic rings. The van der Waals surface area contributed by atoms with E-state index in [1.807, 2.05) is 30.3 Å². The zero-order chi connectivity index (χ0) is 14.8. The van der Waals surface area contributed by atoms with Gasteiger partial charge in [0.05, 0.1) is 0 Å². The summed E-state index contributed by atoms with van der Waals surface area (Å²) in [5.41, 5.74) is 2.08. The summed E-state index contributed by atoms with van der Waals surface area (Å²) in [6, 6.07) is 16.1. The highest BCUT2D eigenvalue weighted by atomic mass is 19.1. The van der Waals surface area contributed by atoms with E-state index in [9.17, 15) is 9.18 Å². The Morgan fingerprint density at radius 2 is 1.90 bits per heavy atom. The predicted octanol–water partition coefficient (Wildman–Crippen LogP) is 3.58. The standard InChI is InChI=1S/C17H15FN2O/c1-20(11-12-6-3-2-4-7-12)17(21)16-10-13-14(18)8-5-9-15(13)19-16/h2-10,19H,11H2,1H3. The minimum atomic E-state index is -0.325. The monoisotopic (exact) mass is 282 g/mol. The summed E-state index contributed by atoms with van der Waals surface area (Å²) in [4.78, 5) is 17.0. The van der Waals surface area contributed by atoms with Crippen LogP contribution in [0.3, 0.4) is 0 Å². The Balaban J connectivity index is 1.84. The van der Waals surface area contributed by atoms with E-state index in [1.54, 1.807) is 30.1 Å². The van der Waals surface area contributed by atoms with Gasteiger partial charge in [0.1, 0.15) is 11.5 Å². The molecule has 21 heavy (non-hydrogen) atoms. The summed E-state index contributed by atoms with van der Waals surface area (Å²) in [7, 11) is 1.73. The average Bonchev–Trinajstić information content (AvgIpc) is 2.93. The van der Waals surface area contributed by atoms with Crippen molar-refractivity contribution in [3.8, 4) is 0 Å². The van der Waals surface area contributed by atoms with Gasteiger partial charge in [0.25, 0.3) is 5.91 Å². The number of nitrogens with zero attached hydrogens (tertiary/aromatic N) is 1. The van der Waals surface area contributed by atoms with Crippen LogP contribution in [-0.2, 0) is 6.54 Å². The molecule has 106 valence electrons. The lowest BCUT2D eigenvalue weighted by molar-refractivity contribution is 0.0780. The highest BCUT2D eigenvalue weighted by Crippen LogP contribution is 2.19. The highest BCUT2D eigenvalue weighted by Gasteiger charge is 2.15. The molecule has 3 aromatic rings. The molecule has 0 aliphatic carbocycles. The second kappa shape index (κ2) is 5.40. The van der Waals surface area contributed by atoms with Crippen LogP contribution in [0.1, 0.15) is 16.1 Å². The minimum Gasteiger partial charge on any atom is -0.350 e. The quantitative estimate of drug-likeness (QED) is 0.783. The molecule has 0 atom stereocenters. The molecule has 0 radical (unpaired) electrons. The molecule has 1 amide bonds. The molecule has 1 aromatic heterocycles. The van der Waals surface area contributed by atoms with Crippen molar-refractivity contribution >= 4 is 16.8 Å². The second-order valence-corrected chi connectivity index (χ2v) is 5.03. The molecule has 0 spiro atoms. The van der Waals surface area contributed by atoms with Gasteiger partial charge in [-0.1, -0.05) is 36.4 Å². The fourth-order valence-corrected chi connectivity index (χ4v) is 2.37.